The van der Waals surface area contributed by atoms with Gasteiger partial charge in [0.2, 0.25) is 0 Å². The van der Waals surface area contributed by atoms with Crippen LogP contribution in [0, 0.1) is 12.8 Å². The minimum absolute atomic E-state index is 0.0198. The van der Waals surface area contributed by atoms with Gasteiger partial charge in [-0.3, -0.25) is 9.59 Å². The zero-order valence-corrected chi connectivity index (χ0v) is 12.7. The first-order valence-corrected chi connectivity index (χ1v) is 7.02. The number of pyridine rings is 1. The number of Topliss-reactive ketones (excluding diaryl/α,β-unsaturated/α-hetero) is 1. The van der Waals surface area contributed by atoms with Gasteiger partial charge in [0.1, 0.15) is 6.29 Å². The number of hydrogen-bond donors (Lipinski definition) is 0. The van der Waals surface area contributed by atoms with Crippen molar-refractivity contribution in [2.45, 2.75) is 53.0 Å². The van der Waals surface area contributed by atoms with Gasteiger partial charge in [-0.05, 0) is 43.7 Å². The summed E-state index contributed by atoms with van der Waals surface area (Å²) in [4.78, 5) is 34.6. The summed E-state index contributed by atoms with van der Waals surface area (Å²) in [5, 5.41) is 0. The van der Waals surface area contributed by atoms with Crippen molar-refractivity contribution in [3.05, 3.63) is 33.7 Å². The summed E-state index contributed by atoms with van der Waals surface area (Å²) in [5.74, 6) is 0.459. The van der Waals surface area contributed by atoms with Crippen molar-refractivity contribution in [2.75, 3.05) is 0 Å². The lowest BCUT2D eigenvalue weighted by atomic mass is 10.00. The maximum atomic E-state index is 12.1. The normalized spacial score (nSPS) is 12.4. The van der Waals surface area contributed by atoms with Crippen LogP contribution in [0.4, 0.5) is 0 Å². The highest BCUT2D eigenvalue weighted by molar-refractivity contribution is 5.80. The average Bonchev–Trinajstić information content (AvgIpc) is 2.34. The first kappa shape index (κ1) is 16.3. The Bertz CT molecular complexity index is 543. The van der Waals surface area contributed by atoms with E-state index in [0.29, 0.717) is 12.3 Å². The van der Waals surface area contributed by atoms with Crippen LogP contribution in [0.15, 0.2) is 17.1 Å². The second-order valence-electron chi connectivity index (χ2n) is 5.70. The van der Waals surface area contributed by atoms with Crippen molar-refractivity contribution >= 4 is 12.1 Å². The van der Waals surface area contributed by atoms with Crippen LogP contribution in [0.1, 0.15) is 50.8 Å². The van der Waals surface area contributed by atoms with Gasteiger partial charge < -0.3 is 9.36 Å². The molecule has 1 atom stereocenters. The van der Waals surface area contributed by atoms with Crippen molar-refractivity contribution in [2.24, 2.45) is 5.92 Å². The molecule has 1 rings (SSSR count). The van der Waals surface area contributed by atoms with Crippen LogP contribution in [-0.2, 0) is 16.0 Å². The molecule has 0 saturated carbocycles. The Balaban J connectivity index is 3.18. The summed E-state index contributed by atoms with van der Waals surface area (Å²) in [5.41, 5.74) is 1.42. The summed E-state index contributed by atoms with van der Waals surface area (Å²) in [6.45, 7) is 7.50. The standard InChI is InChI=1S/C16H23NO3/c1-11(2)5-6-15(13(4)19)17-10-14(7-8-18)12(3)9-16(17)20/h8-11,15H,5-7H2,1-4H3. The van der Waals surface area contributed by atoms with Gasteiger partial charge in [0.15, 0.2) is 5.78 Å². The highest BCUT2D eigenvalue weighted by Crippen LogP contribution is 2.18. The molecule has 0 radical (unpaired) electrons. The maximum absolute atomic E-state index is 12.1. The Kier molecular flexibility index (Phi) is 5.86. The molecule has 0 aliphatic heterocycles. The van der Waals surface area contributed by atoms with E-state index in [-0.39, 0.29) is 17.8 Å². The third-order valence-corrected chi connectivity index (χ3v) is 3.52. The average molecular weight is 277 g/mol. The predicted molar refractivity (Wildman–Crippen MR) is 79.0 cm³/mol. The van der Waals surface area contributed by atoms with Gasteiger partial charge in [0.05, 0.1) is 6.04 Å². The van der Waals surface area contributed by atoms with Crippen LogP contribution >= 0.6 is 0 Å². The van der Waals surface area contributed by atoms with Crippen LogP contribution < -0.4 is 5.56 Å². The van der Waals surface area contributed by atoms with Crippen LogP contribution in [0.5, 0.6) is 0 Å². The first-order chi connectivity index (χ1) is 9.36. The Labute approximate surface area is 119 Å². The third kappa shape index (κ3) is 4.15. The molecule has 0 spiro atoms. The molecule has 1 aromatic heterocycles. The molecular weight excluding hydrogens is 254 g/mol. The lowest BCUT2D eigenvalue weighted by molar-refractivity contribution is -0.120. The lowest BCUT2D eigenvalue weighted by Crippen LogP contribution is -2.29. The van der Waals surface area contributed by atoms with Crippen LogP contribution in [0.2, 0.25) is 0 Å². The van der Waals surface area contributed by atoms with E-state index >= 15 is 0 Å². The number of carbonyl (C=O) groups is 2. The van der Waals surface area contributed by atoms with E-state index in [1.165, 1.54) is 17.6 Å². The van der Waals surface area contributed by atoms with E-state index in [1.54, 1.807) is 6.20 Å². The molecule has 4 heteroatoms. The van der Waals surface area contributed by atoms with Gasteiger partial charge in [-0.1, -0.05) is 13.8 Å². The number of rotatable bonds is 7. The van der Waals surface area contributed by atoms with Gasteiger partial charge in [-0.25, -0.2) is 0 Å². The Morgan fingerprint density at radius 3 is 2.50 bits per heavy atom. The number of nitrogens with zero attached hydrogens (tertiary/aromatic N) is 1. The smallest absolute Gasteiger partial charge is 0.251 e. The lowest BCUT2D eigenvalue weighted by Gasteiger charge is -2.19. The highest BCUT2D eigenvalue weighted by Gasteiger charge is 2.18. The maximum Gasteiger partial charge on any atom is 0.251 e. The molecule has 110 valence electrons. The summed E-state index contributed by atoms with van der Waals surface area (Å²) >= 11 is 0. The van der Waals surface area contributed by atoms with Crippen molar-refractivity contribution in [1.29, 1.82) is 0 Å². The largest absolute Gasteiger partial charge is 0.305 e. The number of aromatic nitrogens is 1. The molecule has 0 N–H and O–H groups in total. The fraction of sp³-hybridized carbons (Fsp3) is 0.562. The zero-order valence-electron chi connectivity index (χ0n) is 12.7. The minimum Gasteiger partial charge on any atom is -0.305 e. The monoisotopic (exact) mass is 277 g/mol. The van der Waals surface area contributed by atoms with Crippen molar-refractivity contribution in [1.82, 2.24) is 4.57 Å². The summed E-state index contributed by atoms with van der Waals surface area (Å²) in [7, 11) is 0. The van der Waals surface area contributed by atoms with E-state index in [9.17, 15) is 14.4 Å². The molecule has 4 nitrogen and oxygen atoms in total. The van der Waals surface area contributed by atoms with Crippen molar-refractivity contribution in [3.8, 4) is 0 Å². The van der Waals surface area contributed by atoms with Crippen LogP contribution in [-0.4, -0.2) is 16.6 Å². The molecule has 0 amide bonds. The summed E-state index contributed by atoms with van der Waals surface area (Å²) < 4.78 is 1.48. The van der Waals surface area contributed by atoms with E-state index < -0.39 is 6.04 Å². The minimum atomic E-state index is -0.434. The molecule has 1 unspecified atom stereocenters. The molecule has 1 heterocycles. The number of carbonyl (C=O) groups excluding carboxylic acids is 2. The molecule has 0 fully saturated rings. The Morgan fingerprint density at radius 2 is 2.00 bits per heavy atom. The van der Waals surface area contributed by atoms with Crippen LogP contribution in [0.25, 0.3) is 0 Å². The number of hydrogen-bond acceptors (Lipinski definition) is 3. The number of aryl methyl sites for hydroxylation is 1. The van der Waals surface area contributed by atoms with Gasteiger partial charge in [0, 0.05) is 18.7 Å². The molecule has 0 aliphatic rings. The highest BCUT2D eigenvalue weighted by atomic mass is 16.1. The second kappa shape index (κ2) is 7.17. The van der Waals surface area contributed by atoms with E-state index in [0.717, 1.165) is 23.8 Å². The molecule has 0 aromatic carbocycles. The number of aldehydes is 1. The van der Waals surface area contributed by atoms with Gasteiger partial charge in [0.25, 0.3) is 5.56 Å². The molecule has 20 heavy (non-hydrogen) atoms. The van der Waals surface area contributed by atoms with E-state index in [1.807, 2.05) is 6.92 Å². The molecule has 1 aromatic rings. The fourth-order valence-corrected chi connectivity index (χ4v) is 2.26. The Hall–Kier alpha value is -1.71. The molecule has 0 bridgehead atoms. The first-order valence-electron chi connectivity index (χ1n) is 7.02. The fourth-order valence-electron chi connectivity index (χ4n) is 2.26. The summed E-state index contributed by atoms with van der Waals surface area (Å²) in [6, 6.07) is 1.07. The molecule has 0 aliphatic carbocycles. The zero-order chi connectivity index (χ0) is 15.3. The van der Waals surface area contributed by atoms with E-state index in [4.69, 9.17) is 0 Å². The number of ketones is 1. The summed E-state index contributed by atoms with van der Waals surface area (Å²) in [6.07, 6.45) is 4.28. The van der Waals surface area contributed by atoms with Gasteiger partial charge in [-0.15, -0.1) is 0 Å². The van der Waals surface area contributed by atoms with Gasteiger partial charge in [-0.2, -0.15) is 0 Å². The van der Waals surface area contributed by atoms with Gasteiger partial charge >= 0.3 is 0 Å². The van der Waals surface area contributed by atoms with Crippen LogP contribution in [0.3, 0.4) is 0 Å². The second-order valence-corrected chi connectivity index (χ2v) is 5.70. The Morgan fingerprint density at radius 1 is 1.35 bits per heavy atom. The predicted octanol–water partition coefficient (Wildman–Crippen LogP) is 2.46. The third-order valence-electron chi connectivity index (χ3n) is 3.52. The quantitative estimate of drug-likeness (QED) is 0.719. The molecule has 0 saturated heterocycles. The van der Waals surface area contributed by atoms with Crippen molar-refractivity contribution < 1.29 is 9.59 Å². The molecular formula is C16H23NO3. The SMILES string of the molecule is CC(=O)C(CCC(C)C)n1cc(CC=O)c(C)cc1=O. The topological polar surface area (TPSA) is 56.1 Å². The van der Waals surface area contributed by atoms with E-state index in [2.05, 4.69) is 13.8 Å². The van der Waals surface area contributed by atoms with Crippen molar-refractivity contribution in [3.63, 3.8) is 0 Å².